The van der Waals surface area contributed by atoms with E-state index in [1.165, 1.54) is 0 Å². The van der Waals surface area contributed by atoms with Gasteiger partial charge in [0.05, 0.1) is 23.7 Å². The fraction of sp³-hybridized carbons (Fsp3) is 0.462. The molecule has 1 aromatic heterocycles. The van der Waals surface area contributed by atoms with Gasteiger partial charge in [0.25, 0.3) is 0 Å². The molecule has 0 aliphatic carbocycles. The molecule has 2 heterocycles. The summed E-state index contributed by atoms with van der Waals surface area (Å²) in [5.41, 5.74) is 8.03. The molecule has 2 aromatic rings. The fourth-order valence-corrected chi connectivity index (χ4v) is 2.46. The Labute approximate surface area is 106 Å². The molecular formula is C13H18N4O. The maximum absolute atomic E-state index is 6.45. The number of benzene rings is 1. The number of aromatic nitrogens is 2. The Morgan fingerprint density at radius 2 is 2.11 bits per heavy atom. The zero-order chi connectivity index (χ0) is 12.6. The highest BCUT2D eigenvalue weighted by molar-refractivity contribution is 5.77. The van der Waals surface area contributed by atoms with Gasteiger partial charge in [0, 0.05) is 6.07 Å². The molecule has 1 fully saturated rings. The molecule has 1 aromatic carbocycles. The first-order valence-electron chi connectivity index (χ1n) is 6.25. The van der Waals surface area contributed by atoms with Gasteiger partial charge in [0.1, 0.15) is 11.6 Å². The van der Waals surface area contributed by atoms with Crippen LogP contribution in [0.3, 0.4) is 0 Å². The number of aromatic amines is 1. The third kappa shape index (κ3) is 1.85. The Hall–Kier alpha value is -1.59. The number of nitrogens with zero attached hydrogens (tertiary/aromatic N) is 1. The molecule has 18 heavy (non-hydrogen) atoms. The predicted molar refractivity (Wildman–Crippen MR) is 70.6 cm³/mol. The van der Waals surface area contributed by atoms with E-state index >= 15 is 0 Å². The molecule has 1 saturated heterocycles. The van der Waals surface area contributed by atoms with Crippen molar-refractivity contribution in [3.05, 3.63) is 24.0 Å². The Balaban J connectivity index is 2.02. The molecule has 1 aliphatic rings. The summed E-state index contributed by atoms with van der Waals surface area (Å²) in [6, 6.07) is 5.84. The number of hydrogen-bond donors (Lipinski definition) is 3. The summed E-state index contributed by atoms with van der Waals surface area (Å²) in [4.78, 5) is 7.97. The van der Waals surface area contributed by atoms with Gasteiger partial charge in [-0.3, -0.25) is 0 Å². The number of nitrogens with two attached hydrogens (primary N) is 1. The van der Waals surface area contributed by atoms with Gasteiger partial charge in [-0.1, -0.05) is 0 Å². The van der Waals surface area contributed by atoms with E-state index < -0.39 is 0 Å². The second-order valence-corrected chi connectivity index (χ2v) is 4.87. The molecule has 3 rings (SSSR count). The van der Waals surface area contributed by atoms with Crippen molar-refractivity contribution < 1.29 is 4.74 Å². The van der Waals surface area contributed by atoms with E-state index in [-0.39, 0.29) is 5.54 Å². The smallest absolute Gasteiger partial charge is 0.127 e. The van der Waals surface area contributed by atoms with Crippen LogP contribution in [0.4, 0.5) is 0 Å². The van der Waals surface area contributed by atoms with Crippen molar-refractivity contribution in [3.63, 3.8) is 0 Å². The number of fused-ring (bicyclic) bond motifs is 1. The van der Waals surface area contributed by atoms with E-state index in [0.717, 1.165) is 48.5 Å². The van der Waals surface area contributed by atoms with Crippen molar-refractivity contribution >= 4 is 11.0 Å². The van der Waals surface area contributed by atoms with E-state index in [1.54, 1.807) is 7.11 Å². The third-order valence-corrected chi connectivity index (χ3v) is 3.66. The number of piperidine rings is 1. The zero-order valence-electron chi connectivity index (χ0n) is 10.5. The molecule has 0 unspecified atom stereocenters. The standard InChI is InChI=1S/C13H18N4O/c1-18-9-2-3-10-11(8-9)17-12(16-10)13(14)4-6-15-7-5-13/h2-3,8,15H,4-7,14H2,1H3,(H,16,17). The van der Waals surface area contributed by atoms with Gasteiger partial charge in [0.15, 0.2) is 0 Å². The van der Waals surface area contributed by atoms with Crippen molar-refractivity contribution in [2.45, 2.75) is 18.4 Å². The second-order valence-electron chi connectivity index (χ2n) is 4.87. The summed E-state index contributed by atoms with van der Waals surface area (Å²) in [7, 11) is 1.66. The molecule has 0 bridgehead atoms. The first kappa shape index (κ1) is 11.5. The molecule has 0 saturated carbocycles. The normalized spacial score (nSPS) is 19.0. The number of hydrogen-bond acceptors (Lipinski definition) is 4. The van der Waals surface area contributed by atoms with E-state index in [4.69, 9.17) is 10.5 Å². The SMILES string of the molecule is COc1ccc2[nH]c(C3(N)CCNCC3)nc2c1. The van der Waals surface area contributed by atoms with Crippen molar-refractivity contribution in [1.29, 1.82) is 0 Å². The molecule has 5 heteroatoms. The summed E-state index contributed by atoms with van der Waals surface area (Å²) < 4.78 is 5.21. The minimum atomic E-state index is -0.336. The highest BCUT2D eigenvalue weighted by Crippen LogP contribution is 2.28. The van der Waals surface area contributed by atoms with Crippen LogP contribution in [0.1, 0.15) is 18.7 Å². The van der Waals surface area contributed by atoms with E-state index in [0.29, 0.717) is 0 Å². The van der Waals surface area contributed by atoms with Crippen molar-refractivity contribution in [3.8, 4) is 5.75 Å². The van der Waals surface area contributed by atoms with Crippen molar-refractivity contribution in [2.75, 3.05) is 20.2 Å². The van der Waals surface area contributed by atoms with Crippen LogP contribution in [0.5, 0.6) is 5.75 Å². The first-order valence-corrected chi connectivity index (χ1v) is 6.25. The van der Waals surface area contributed by atoms with Gasteiger partial charge in [-0.2, -0.15) is 0 Å². The number of nitrogens with one attached hydrogen (secondary N) is 2. The number of rotatable bonds is 2. The molecule has 0 spiro atoms. The third-order valence-electron chi connectivity index (χ3n) is 3.66. The lowest BCUT2D eigenvalue weighted by atomic mass is 9.89. The summed E-state index contributed by atoms with van der Waals surface area (Å²) in [6.07, 6.45) is 1.81. The molecule has 0 amide bonds. The average Bonchev–Trinajstić information content (AvgIpc) is 2.83. The highest BCUT2D eigenvalue weighted by Gasteiger charge is 2.32. The lowest BCUT2D eigenvalue weighted by Gasteiger charge is -2.31. The maximum atomic E-state index is 6.45. The van der Waals surface area contributed by atoms with Crippen LogP contribution in [0.2, 0.25) is 0 Å². The number of ether oxygens (including phenoxy) is 1. The maximum Gasteiger partial charge on any atom is 0.127 e. The largest absolute Gasteiger partial charge is 0.497 e. The molecule has 0 radical (unpaired) electrons. The lowest BCUT2D eigenvalue weighted by molar-refractivity contribution is 0.304. The molecular weight excluding hydrogens is 228 g/mol. The molecule has 1 aliphatic heterocycles. The predicted octanol–water partition coefficient (Wildman–Crippen LogP) is 1.11. The van der Waals surface area contributed by atoms with Gasteiger partial charge < -0.3 is 20.8 Å². The van der Waals surface area contributed by atoms with Gasteiger partial charge in [0.2, 0.25) is 0 Å². The number of methoxy groups -OCH3 is 1. The monoisotopic (exact) mass is 246 g/mol. The van der Waals surface area contributed by atoms with Crippen LogP contribution in [0.25, 0.3) is 11.0 Å². The van der Waals surface area contributed by atoms with E-state index in [2.05, 4.69) is 15.3 Å². The lowest BCUT2D eigenvalue weighted by Crippen LogP contribution is -2.47. The van der Waals surface area contributed by atoms with Crippen LogP contribution < -0.4 is 15.8 Å². The van der Waals surface area contributed by atoms with E-state index in [1.807, 2.05) is 18.2 Å². The summed E-state index contributed by atoms with van der Waals surface area (Å²) in [5, 5.41) is 3.32. The Morgan fingerprint density at radius 1 is 1.33 bits per heavy atom. The topological polar surface area (TPSA) is 76.0 Å². The number of imidazole rings is 1. The zero-order valence-corrected chi connectivity index (χ0v) is 10.5. The fourth-order valence-electron chi connectivity index (χ4n) is 2.46. The van der Waals surface area contributed by atoms with Crippen molar-refractivity contribution in [1.82, 2.24) is 15.3 Å². The molecule has 96 valence electrons. The Kier molecular flexibility index (Phi) is 2.72. The van der Waals surface area contributed by atoms with Crippen LogP contribution in [0.15, 0.2) is 18.2 Å². The van der Waals surface area contributed by atoms with Gasteiger partial charge in [-0.25, -0.2) is 4.98 Å². The van der Waals surface area contributed by atoms with Crippen LogP contribution in [-0.2, 0) is 5.54 Å². The number of H-pyrrole nitrogens is 1. The Bertz CT molecular complexity index is 557. The summed E-state index contributed by atoms with van der Waals surface area (Å²) in [6.45, 7) is 1.88. The minimum Gasteiger partial charge on any atom is -0.497 e. The minimum absolute atomic E-state index is 0.336. The van der Waals surface area contributed by atoms with Crippen molar-refractivity contribution in [2.24, 2.45) is 5.73 Å². The molecule has 5 nitrogen and oxygen atoms in total. The van der Waals surface area contributed by atoms with Crippen LogP contribution in [-0.4, -0.2) is 30.2 Å². The van der Waals surface area contributed by atoms with Crippen LogP contribution >= 0.6 is 0 Å². The Morgan fingerprint density at radius 3 is 2.83 bits per heavy atom. The van der Waals surface area contributed by atoms with Gasteiger partial charge >= 0.3 is 0 Å². The highest BCUT2D eigenvalue weighted by atomic mass is 16.5. The summed E-state index contributed by atoms with van der Waals surface area (Å²) in [5.74, 6) is 1.70. The van der Waals surface area contributed by atoms with Gasteiger partial charge in [-0.15, -0.1) is 0 Å². The molecule has 4 N–H and O–H groups in total. The second kappa shape index (κ2) is 4.26. The first-order chi connectivity index (χ1) is 8.71. The summed E-state index contributed by atoms with van der Waals surface area (Å²) >= 11 is 0. The van der Waals surface area contributed by atoms with Gasteiger partial charge in [-0.05, 0) is 38.1 Å². The van der Waals surface area contributed by atoms with Crippen LogP contribution in [0, 0.1) is 0 Å². The average molecular weight is 246 g/mol. The molecule has 0 atom stereocenters. The van der Waals surface area contributed by atoms with E-state index in [9.17, 15) is 0 Å². The quantitative estimate of drug-likeness (QED) is 0.742.